The third-order valence-electron chi connectivity index (χ3n) is 2.66. The molecular weight excluding hydrogens is 254 g/mol. The van der Waals surface area contributed by atoms with Crippen molar-refractivity contribution >= 4 is 21.6 Å². The molecule has 0 radical (unpaired) electrons. The Bertz CT molecular complexity index is 327. The highest BCUT2D eigenvalue weighted by Crippen LogP contribution is 2.21. The number of benzene rings is 1. The molecule has 0 aromatic heterocycles. The zero-order valence-electron chi connectivity index (χ0n) is 9.67. The van der Waals surface area contributed by atoms with Crippen LogP contribution in [-0.4, -0.2) is 19.3 Å². The molecule has 0 spiro atoms. The van der Waals surface area contributed by atoms with E-state index in [-0.39, 0.29) is 6.10 Å². The van der Waals surface area contributed by atoms with Crippen molar-refractivity contribution in [2.75, 3.05) is 12.4 Å². The minimum atomic E-state index is 0.198. The summed E-state index contributed by atoms with van der Waals surface area (Å²) in [5, 5.41) is 3.45. The Morgan fingerprint density at radius 1 is 1.33 bits per heavy atom. The van der Waals surface area contributed by atoms with Crippen molar-refractivity contribution in [3.8, 4) is 0 Å². The molecule has 1 rings (SSSR count). The van der Waals surface area contributed by atoms with E-state index in [1.165, 1.54) is 5.56 Å². The highest BCUT2D eigenvalue weighted by Gasteiger charge is 2.11. The second-order valence-electron chi connectivity index (χ2n) is 3.83. The Kier molecular flexibility index (Phi) is 4.61. The lowest BCUT2D eigenvalue weighted by Gasteiger charge is -2.22. The van der Waals surface area contributed by atoms with Crippen LogP contribution in [0.5, 0.6) is 0 Å². The minimum Gasteiger partial charge on any atom is -0.380 e. The van der Waals surface area contributed by atoms with Gasteiger partial charge >= 0.3 is 0 Å². The van der Waals surface area contributed by atoms with Gasteiger partial charge in [0.15, 0.2) is 0 Å². The van der Waals surface area contributed by atoms with Crippen molar-refractivity contribution in [2.24, 2.45) is 0 Å². The number of nitrogens with one attached hydrogen (secondary N) is 1. The smallest absolute Gasteiger partial charge is 0.0741 e. The van der Waals surface area contributed by atoms with Gasteiger partial charge < -0.3 is 10.1 Å². The summed E-state index contributed by atoms with van der Waals surface area (Å²) in [6, 6.07) is 6.53. The molecule has 3 heteroatoms. The molecule has 0 fully saturated rings. The molecule has 0 aliphatic carbocycles. The van der Waals surface area contributed by atoms with Gasteiger partial charge in [-0.15, -0.1) is 0 Å². The fraction of sp³-hybridized carbons (Fsp3) is 0.500. The van der Waals surface area contributed by atoms with E-state index in [1.807, 2.05) is 6.07 Å². The van der Waals surface area contributed by atoms with E-state index in [9.17, 15) is 0 Å². The molecular formula is C12H18BrNO. The van der Waals surface area contributed by atoms with Crippen molar-refractivity contribution < 1.29 is 4.74 Å². The van der Waals surface area contributed by atoms with Gasteiger partial charge in [0.25, 0.3) is 0 Å². The topological polar surface area (TPSA) is 21.3 Å². The predicted molar refractivity (Wildman–Crippen MR) is 68.4 cm³/mol. The first-order valence-corrected chi connectivity index (χ1v) is 5.89. The van der Waals surface area contributed by atoms with Gasteiger partial charge in [0.05, 0.1) is 6.10 Å². The fourth-order valence-corrected chi connectivity index (χ4v) is 1.68. The second-order valence-corrected chi connectivity index (χ2v) is 4.75. The second kappa shape index (κ2) is 5.52. The van der Waals surface area contributed by atoms with Crippen LogP contribution in [0.25, 0.3) is 0 Å². The van der Waals surface area contributed by atoms with Crippen LogP contribution in [0.15, 0.2) is 22.7 Å². The monoisotopic (exact) mass is 271 g/mol. The summed E-state index contributed by atoms with van der Waals surface area (Å²) in [5.41, 5.74) is 2.40. The zero-order chi connectivity index (χ0) is 11.4. The first-order valence-electron chi connectivity index (χ1n) is 5.10. The summed E-state index contributed by atoms with van der Waals surface area (Å²) in [7, 11) is 1.73. The van der Waals surface area contributed by atoms with E-state index < -0.39 is 0 Å². The fourth-order valence-electron chi connectivity index (χ4n) is 1.32. The molecule has 1 aromatic rings. The molecule has 0 saturated carbocycles. The van der Waals surface area contributed by atoms with Crippen LogP contribution in [0.2, 0.25) is 0 Å². The molecule has 84 valence electrons. The SMILES string of the molecule is COC(C)C(C)Nc1cc(Br)ccc1C. The molecule has 0 aliphatic rings. The van der Waals surface area contributed by atoms with Crippen LogP contribution in [0.4, 0.5) is 5.69 Å². The molecule has 0 heterocycles. The Morgan fingerprint density at radius 2 is 2.00 bits per heavy atom. The number of methoxy groups -OCH3 is 1. The maximum absolute atomic E-state index is 5.28. The van der Waals surface area contributed by atoms with Crippen LogP contribution in [-0.2, 0) is 4.74 Å². The quantitative estimate of drug-likeness (QED) is 0.904. The van der Waals surface area contributed by atoms with Crippen molar-refractivity contribution in [3.63, 3.8) is 0 Å². The average molecular weight is 272 g/mol. The predicted octanol–water partition coefficient (Wildman–Crippen LogP) is 3.59. The van der Waals surface area contributed by atoms with Crippen LogP contribution >= 0.6 is 15.9 Å². The van der Waals surface area contributed by atoms with E-state index in [2.05, 4.69) is 54.2 Å². The molecule has 2 atom stereocenters. The van der Waals surface area contributed by atoms with Crippen molar-refractivity contribution in [3.05, 3.63) is 28.2 Å². The van der Waals surface area contributed by atoms with E-state index in [0.29, 0.717) is 6.04 Å². The van der Waals surface area contributed by atoms with Gasteiger partial charge in [0.2, 0.25) is 0 Å². The largest absolute Gasteiger partial charge is 0.380 e. The number of rotatable bonds is 4. The summed E-state index contributed by atoms with van der Waals surface area (Å²) in [4.78, 5) is 0. The van der Waals surface area contributed by atoms with Crippen molar-refractivity contribution in [2.45, 2.75) is 32.9 Å². The lowest BCUT2D eigenvalue weighted by molar-refractivity contribution is 0.106. The Morgan fingerprint density at radius 3 is 2.60 bits per heavy atom. The zero-order valence-corrected chi connectivity index (χ0v) is 11.3. The Balaban J connectivity index is 2.75. The Labute approximate surface area is 100 Å². The van der Waals surface area contributed by atoms with Crippen molar-refractivity contribution in [1.82, 2.24) is 0 Å². The van der Waals surface area contributed by atoms with Gasteiger partial charge in [-0.3, -0.25) is 0 Å². The van der Waals surface area contributed by atoms with Gasteiger partial charge in [-0.05, 0) is 38.5 Å². The third-order valence-corrected chi connectivity index (χ3v) is 3.15. The summed E-state index contributed by atoms with van der Waals surface area (Å²) in [6.07, 6.45) is 0.198. The van der Waals surface area contributed by atoms with Crippen LogP contribution in [0.3, 0.4) is 0 Å². The standard InChI is InChI=1S/C12H18BrNO/c1-8-5-6-11(13)7-12(8)14-9(2)10(3)15-4/h5-7,9-10,14H,1-4H3. The number of hydrogen-bond donors (Lipinski definition) is 1. The van der Waals surface area contributed by atoms with Gasteiger partial charge in [0.1, 0.15) is 0 Å². The lowest BCUT2D eigenvalue weighted by atomic mass is 10.1. The molecule has 2 nitrogen and oxygen atoms in total. The maximum atomic E-state index is 5.28. The van der Waals surface area contributed by atoms with E-state index in [1.54, 1.807) is 7.11 Å². The number of hydrogen-bond acceptors (Lipinski definition) is 2. The number of aryl methyl sites for hydroxylation is 1. The molecule has 1 aromatic carbocycles. The molecule has 0 saturated heterocycles. The van der Waals surface area contributed by atoms with Crippen LogP contribution < -0.4 is 5.32 Å². The molecule has 2 unspecified atom stereocenters. The van der Waals surface area contributed by atoms with Gasteiger partial charge in [-0.25, -0.2) is 0 Å². The van der Waals surface area contributed by atoms with Gasteiger partial charge in [-0.2, -0.15) is 0 Å². The highest BCUT2D eigenvalue weighted by atomic mass is 79.9. The number of halogens is 1. The summed E-state index contributed by atoms with van der Waals surface area (Å²) >= 11 is 3.47. The van der Waals surface area contributed by atoms with Crippen LogP contribution in [0.1, 0.15) is 19.4 Å². The molecule has 1 N–H and O–H groups in total. The molecule has 0 aliphatic heterocycles. The van der Waals surface area contributed by atoms with Crippen molar-refractivity contribution in [1.29, 1.82) is 0 Å². The van der Waals surface area contributed by atoms with E-state index in [0.717, 1.165) is 10.2 Å². The number of ether oxygens (including phenoxy) is 1. The third kappa shape index (κ3) is 3.50. The first-order chi connectivity index (χ1) is 7.04. The molecule has 0 amide bonds. The van der Waals surface area contributed by atoms with E-state index >= 15 is 0 Å². The normalized spacial score (nSPS) is 14.7. The number of anilines is 1. The first kappa shape index (κ1) is 12.5. The molecule has 15 heavy (non-hydrogen) atoms. The summed E-state index contributed by atoms with van der Waals surface area (Å²) in [5.74, 6) is 0. The highest BCUT2D eigenvalue weighted by molar-refractivity contribution is 9.10. The molecule has 0 bridgehead atoms. The minimum absolute atomic E-state index is 0.198. The summed E-state index contributed by atoms with van der Waals surface area (Å²) in [6.45, 7) is 6.28. The van der Waals surface area contributed by atoms with Crippen LogP contribution in [0, 0.1) is 6.92 Å². The van der Waals surface area contributed by atoms with Gasteiger partial charge in [0, 0.05) is 23.3 Å². The average Bonchev–Trinajstić information content (AvgIpc) is 2.22. The maximum Gasteiger partial charge on any atom is 0.0741 e. The lowest BCUT2D eigenvalue weighted by Crippen LogP contribution is -2.29. The Hall–Kier alpha value is -0.540. The summed E-state index contributed by atoms with van der Waals surface area (Å²) < 4.78 is 6.37. The van der Waals surface area contributed by atoms with E-state index in [4.69, 9.17) is 4.74 Å². The van der Waals surface area contributed by atoms with Gasteiger partial charge in [-0.1, -0.05) is 22.0 Å².